The van der Waals surface area contributed by atoms with Gasteiger partial charge in [0.15, 0.2) is 0 Å². The lowest BCUT2D eigenvalue weighted by Crippen LogP contribution is -2.25. The first-order chi connectivity index (χ1) is 7.13. The predicted molar refractivity (Wildman–Crippen MR) is 57.0 cm³/mol. The third kappa shape index (κ3) is 2.55. The highest BCUT2D eigenvalue weighted by molar-refractivity contribution is 5.30. The Kier molecular flexibility index (Phi) is 2.76. The molecule has 82 valence electrons. The molecule has 0 saturated heterocycles. The van der Waals surface area contributed by atoms with Crippen LogP contribution in [0.15, 0.2) is 18.2 Å². The van der Waals surface area contributed by atoms with Gasteiger partial charge in [-0.25, -0.2) is 4.39 Å². The maximum Gasteiger partial charge on any atom is 0.123 e. The van der Waals surface area contributed by atoms with Crippen LogP contribution in [0.5, 0.6) is 0 Å². The van der Waals surface area contributed by atoms with Crippen molar-refractivity contribution in [1.29, 1.82) is 0 Å². The van der Waals surface area contributed by atoms with Crippen molar-refractivity contribution in [2.24, 2.45) is 5.73 Å². The van der Waals surface area contributed by atoms with Crippen molar-refractivity contribution < 1.29 is 9.13 Å². The summed E-state index contributed by atoms with van der Waals surface area (Å²) >= 11 is 0. The van der Waals surface area contributed by atoms with Crippen molar-refractivity contribution in [2.45, 2.75) is 31.4 Å². The Morgan fingerprint density at radius 3 is 2.73 bits per heavy atom. The van der Waals surface area contributed by atoms with Gasteiger partial charge in [-0.3, -0.25) is 0 Å². The van der Waals surface area contributed by atoms with Crippen LogP contribution in [-0.2, 0) is 17.8 Å². The van der Waals surface area contributed by atoms with Crippen molar-refractivity contribution in [3.8, 4) is 0 Å². The van der Waals surface area contributed by atoms with Crippen molar-refractivity contribution in [3.63, 3.8) is 0 Å². The molecule has 0 spiro atoms. The van der Waals surface area contributed by atoms with Gasteiger partial charge in [-0.05, 0) is 42.5 Å². The molecule has 0 aromatic heterocycles. The Labute approximate surface area is 89.2 Å². The summed E-state index contributed by atoms with van der Waals surface area (Å²) in [6.07, 6.45) is 2.96. The predicted octanol–water partition coefficient (Wildman–Crippen LogP) is 2.01. The second kappa shape index (κ2) is 3.91. The number of nitrogens with two attached hydrogens (primary N) is 1. The van der Waals surface area contributed by atoms with E-state index in [1.165, 1.54) is 12.1 Å². The van der Waals surface area contributed by atoms with E-state index >= 15 is 0 Å². The summed E-state index contributed by atoms with van der Waals surface area (Å²) in [4.78, 5) is 0. The molecule has 0 aliphatic heterocycles. The average Bonchev–Trinajstić information content (AvgIpc) is 2.89. The largest absolute Gasteiger partial charge is 0.380 e. The molecule has 3 heteroatoms. The van der Waals surface area contributed by atoms with E-state index in [2.05, 4.69) is 0 Å². The van der Waals surface area contributed by atoms with E-state index in [0.29, 0.717) is 6.61 Å². The third-order valence-corrected chi connectivity index (χ3v) is 2.90. The van der Waals surface area contributed by atoms with E-state index in [1.54, 1.807) is 7.11 Å². The standard InChI is InChI=1S/C12H16FNO/c1-15-8-10-6-11(13)3-2-9(10)7-12(14)4-5-12/h2-3,6H,4-5,7-8,14H2,1H3. The monoisotopic (exact) mass is 209 g/mol. The van der Waals surface area contributed by atoms with Crippen LogP contribution in [0.2, 0.25) is 0 Å². The molecule has 1 aromatic rings. The van der Waals surface area contributed by atoms with Crippen LogP contribution in [0, 0.1) is 5.82 Å². The van der Waals surface area contributed by atoms with Crippen LogP contribution < -0.4 is 5.73 Å². The first-order valence-corrected chi connectivity index (χ1v) is 5.18. The molecule has 1 aliphatic rings. The van der Waals surface area contributed by atoms with Crippen LogP contribution in [0.25, 0.3) is 0 Å². The summed E-state index contributed by atoms with van der Waals surface area (Å²) in [5, 5.41) is 0. The molecule has 1 aromatic carbocycles. The molecule has 0 unspecified atom stereocenters. The molecule has 0 atom stereocenters. The van der Waals surface area contributed by atoms with Gasteiger partial charge in [-0.2, -0.15) is 0 Å². The fourth-order valence-corrected chi connectivity index (χ4v) is 1.77. The minimum atomic E-state index is -0.215. The Morgan fingerprint density at radius 1 is 1.40 bits per heavy atom. The zero-order chi connectivity index (χ0) is 10.9. The maximum atomic E-state index is 13.0. The average molecular weight is 209 g/mol. The molecule has 0 bridgehead atoms. The maximum absolute atomic E-state index is 13.0. The van der Waals surface area contributed by atoms with Gasteiger partial charge in [-0.1, -0.05) is 6.07 Å². The van der Waals surface area contributed by atoms with Gasteiger partial charge in [0.1, 0.15) is 5.82 Å². The van der Waals surface area contributed by atoms with E-state index in [0.717, 1.165) is 30.4 Å². The summed E-state index contributed by atoms with van der Waals surface area (Å²) in [5.74, 6) is -0.215. The Bertz CT molecular complexity index is 361. The number of hydrogen-bond acceptors (Lipinski definition) is 2. The van der Waals surface area contributed by atoms with E-state index in [-0.39, 0.29) is 11.4 Å². The number of methoxy groups -OCH3 is 1. The summed E-state index contributed by atoms with van der Waals surface area (Å²) in [6, 6.07) is 4.83. The molecule has 1 saturated carbocycles. The molecule has 2 N–H and O–H groups in total. The second-order valence-electron chi connectivity index (χ2n) is 4.39. The quantitative estimate of drug-likeness (QED) is 0.823. The fraction of sp³-hybridized carbons (Fsp3) is 0.500. The van der Waals surface area contributed by atoms with Gasteiger partial charge >= 0.3 is 0 Å². The highest BCUT2D eigenvalue weighted by Crippen LogP contribution is 2.36. The number of halogens is 1. The molecule has 1 fully saturated rings. The van der Waals surface area contributed by atoms with Crippen LogP contribution in [0.3, 0.4) is 0 Å². The van der Waals surface area contributed by atoms with Gasteiger partial charge in [0.05, 0.1) is 6.61 Å². The molecule has 0 heterocycles. The third-order valence-electron chi connectivity index (χ3n) is 2.90. The smallest absolute Gasteiger partial charge is 0.123 e. The lowest BCUT2D eigenvalue weighted by atomic mass is 9.99. The van der Waals surface area contributed by atoms with Crippen molar-refractivity contribution >= 4 is 0 Å². The van der Waals surface area contributed by atoms with Crippen molar-refractivity contribution in [2.75, 3.05) is 7.11 Å². The topological polar surface area (TPSA) is 35.2 Å². The summed E-state index contributed by atoms with van der Waals surface area (Å²) in [6.45, 7) is 0.448. The Hall–Kier alpha value is -0.930. The van der Waals surface area contributed by atoms with E-state index in [9.17, 15) is 4.39 Å². The van der Waals surface area contributed by atoms with Crippen LogP contribution in [-0.4, -0.2) is 12.6 Å². The summed E-state index contributed by atoms with van der Waals surface area (Å²) in [5.41, 5.74) is 8.03. The molecule has 0 amide bonds. The molecule has 2 rings (SSSR count). The molecule has 2 nitrogen and oxygen atoms in total. The van der Waals surface area contributed by atoms with Gasteiger partial charge < -0.3 is 10.5 Å². The highest BCUT2D eigenvalue weighted by Gasteiger charge is 2.38. The van der Waals surface area contributed by atoms with Crippen molar-refractivity contribution in [3.05, 3.63) is 35.1 Å². The SMILES string of the molecule is COCc1cc(F)ccc1CC1(N)CC1. The summed E-state index contributed by atoms with van der Waals surface area (Å²) in [7, 11) is 1.62. The minimum absolute atomic E-state index is 0.0413. The van der Waals surface area contributed by atoms with Gasteiger partial charge in [-0.15, -0.1) is 0 Å². The van der Waals surface area contributed by atoms with Gasteiger partial charge in [0.2, 0.25) is 0 Å². The van der Waals surface area contributed by atoms with Crippen LogP contribution in [0.4, 0.5) is 4.39 Å². The molecule has 15 heavy (non-hydrogen) atoms. The zero-order valence-corrected chi connectivity index (χ0v) is 8.92. The van der Waals surface area contributed by atoms with E-state index in [1.807, 2.05) is 6.07 Å². The molecular weight excluding hydrogens is 193 g/mol. The minimum Gasteiger partial charge on any atom is -0.380 e. The Morgan fingerprint density at radius 2 is 2.13 bits per heavy atom. The molecule has 0 radical (unpaired) electrons. The van der Waals surface area contributed by atoms with E-state index < -0.39 is 0 Å². The number of hydrogen-bond donors (Lipinski definition) is 1. The van der Waals surface area contributed by atoms with Gasteiger partial charge in [0, 0.05) is 12.6 Å². The number of benzene rings is 1. The normalized spacial score (nSPS) is 17.8. The fourth-order valence-electron chi connectivity index (χ4n) is 1.77. The number of rotatable bonds is 4. The lowest BCUT2D eigenvalue weighted by molar-refractivity contribution is 0.183. The first kappa shape index (κ1) is 10.6. The van der Waals surface area contributed by atoms with Gasteiger partial charge in [0.25, 0.3) is 0 Å². The molecule has 1 aliphatic carbocycles. The molecular formula is C12H16FNO. The second-order valence-corrected chi connectivity index (χ2v) is 4.39. The zero-order valence-electron chi connectivity index (χ0n) is 8.92. The summed E-state index contributed by atoms with van der Waals surface area (Å²) < 4.78 is 18.1. The van der Waals surface area contributed by atoms with Crippen LogP contribution >= 0.6 is 0 Å². The Balaban J connectivity index is 2.20. The highest BCUT2D eigenvalue weighted by atomic mass is 19.1. The van der Waals surface area contributed by atoms with E-state index in [4.69, 9.17) is 10.5 Å². The first-order valence-electron chi connectivity index (χ1n) is 5.18. The lowest BCUT2D eigenvalue weighted by Gasteiger charge is -2.13. The number of ether oxygens (including phenoxy) is 1. The van der Waals surface area contributed by atoms with Crippen molar-refractivity contribution in [1.82, 2.24) is 0 Å². The van der Waals surface area contributed by atoms with Crippen LogP contribution in [0.1, 0.15) is 24.0 Å².